The first-order chi connectivity index (χ1) is 19.2. The molecule has 2 fully saturated rings. The van der Waals surface area contributed by atoms with Crippen LogP contribution in [0.15, 0.2) is 48.7 Å². The summed E-state index contributed by atoms with van der Waals surface area (Å²) >= 11 is 0. The third kappa shape index (κ3) is 5.98. The Morgan fingerprint density at radius 1 is 1.05 bits per heavy atom. The quantitative estimate of drug-likeness (QED) is 0.240. The molecule has 2 atom stereocenters. The molecule has 3 aromatic rings. The topological polar surface area (TPSA) is 57.7 Å². The average Bonchev–Trinajstić information content (AvgIpc) is 3.73. The van der Waals surface area contributed by atoms with Gasteiger partial charge in [-0.15, -0.1) is 0 Å². The number of methoxy groups -OCH3 is 2. The van der Waals surface area contributed by atoms with Gasteiger partial charge < -0.3 is 14.2 Å². The Morgan fingerprint density at radius 3 is 2.52 bits per heavy atom. The van der Waals surface area contributed by atoms with Gasteiger partial charge in [0.1, 0.15) is 24.0 Å². The van der Waals surface area contributed by atoms with Gasteiger partial charge in [-0.1, -0.05) is 32.4 Å². The first-order valence-electron chi connectivity index (χ1n) is 14.0. The highest BCUT2D eigenvalue weighted by Crippen LogP contribution is 2.52. The van der Waals surface area contributed by atoms with Crippen molar-refractivity contribution in [1.82, 2.24) is 4.98 Å². The van der Waals surface area contributed by atoms with Crippen LogP contribution in [0.4, 0.5) is 8.78 Å². The second kappa shape index (κ2) is 11.6. The van der Waals surface area contributed by atoms with E-state index in [1.165, 1.54) is 26.4 Å². The van der Waals surface area contributed by atoms with Crippen LogP contribution >= 0.6 is 0 Å². The molecule has 2 aliphatic rings. The molecule has 2 saturated carbocycles. The van der Waals surface area contributed by atoms with Gasteiger partial charge in [-0.25, -0.2) is 13.8 Å². The fraction of sp³-hybridized carbons (Fsp3) is 0.455. The van der Waals surface area contributed by atoms with Gasteiger partial charge in [0.2, 0.25) is 5.88 Å². The molecule has 5 rings (SSSR count). The molecule has 0 saturated heterocycles. The number of aromatic nitrogens is 1. The lowest BCUT2D eigenvalue weighted by Gasteiger charge is -2.30. The highest BCUT2D eigenvalue weighted by atomic mass is 19.1. The summed E-state index contributed by atoms with van der Waals surface area (Å²) in [6.07, 6.45) is 6.68. The molecule has 0 aliphatic heterocycles. The highest BCUT2D eigenvalue weighted by molar-refractivity contribution is 5.71. The number of carbonyl (C=O) groups is 1. The maximum atomic E-state index is 15.6. The second-order valence-electron chi connectivity index (χ2n) is 11.8. The molecule has 0 spiro atoms. The normalized spacial score (nSPS) is 18.8. The minimum Gasteiger partial charge on any atom is -0.489 e. The van der Waals surface area contributed by atoms with Gasteiger partial charge in [0, 0.05) is 17.2 Å². The van der Waals surface area contributed by atoms with E-state index in [-0.39, 0.29) is 41.3 Å². The monoisotopic (exact) mass is 549 g/mol. The van der Waals surface area contributed by atoms with Crippen LogP contribution in [0.5, 0.6) is 11.6 Å². The number of hydrogen-bond acceptors (Lipinski definition) is 5. The van der Waals surface area contributed by atoms with Crippen LogP contribution in [0.1, 0.15) is 80.9 Å². The van der Waals surface area contributed by atoms with Crippen LogP contribution in [0, 0.1) is 23.0 Å². The predicted octanol–water partition coefficient (Wildman–Crippen LogP) is 7.96. The molecule has 0 amide bonds. The summed E-state index contributed by atoms with van der Waals surface area (Å²) < 4.78 is 46.9. The van der Waals surface area contributed by atoms with Gasteiger partial charge in [-0.05, 0) is 89.8 Å². The number of benzene rings is 2. The molecular weight excluding hydrogens is 512 g/mol. The van der Waals surface area contributed by atoms with Crippen LogP contribution < -0.4 is 9.47 Å². The molecule has 5 nitrogen and oxygen atoms in total. The molecule has 7 heteroatoms. The molecule has 1 heterocycles. The lowest BCUT2D eigenvalue weighted by molar-refractivity contribution is -0.141. The molecule has 2 aromatic carbocycles. The zero-order chi connectivity index (χ0) is 28.4. The van der Waals surface area contributed by atoms with Crippen molar-refractivity contribution in [3.05, 3.63) is 77.0 Å². The van der Waals surface area contributed by atoms with Crippen LogP contribution in [-0.2, 0) is 16.1 Å². The van der Waals surface area contributed by atoms with Crippen LogP contribution in [0.3, 0.4) is 0 Å². The van der Waals surface area contributed by atoms with Crippen molar-refractivity contribution in [2.24, 2.45) is 11.3 Å². The average molecular weight is 550 g/mol. The summed E-state index contributed by atoms with van der Waals surface area (Å²) in [4.78, 5) is 16.0. The summed E-state index contributed by atoms with van der Waals surface area (Å²) in [6.45, 7) is 4.46. The molecule has 1 aromatic heterocycles. The zero-order valence-corrected chi connectivity index (χ0v) is 23.6. The first kappa shape index (κ1) is 28.1. The van der Waals surface area contributed by atoms with E-state index in [1.54, 1.807) is 0 Å². The van der Waals surface area contributed by atoms with E-state index in [9.17, 15) is 4.79 Å². The predicted molar refractivity (Wildman–Crippen MR) is 149 cm³/mol. The van der Waals surface area contributed by atoms with Crippen molar-refractivity contribution >= 4 is 5.97 Å². The SMILES string of the molecule is COC(=O)C[C@@H](c1cccc(OCc2cc([C@H]3CCCC3(C)C)c(-c3cc(OC)ncc3F)cc2F)c1)C1CC1. The third-order valence-electron chi connectivity index (χ3n) is 8.67. The Hall–Kier alpha value is -3.48. The van der Waals surface area contributed by atoms with Crippen molar-refractivity contribution in [3.63, 3.8) is 0 Å². The van der Waals surface area contributed by atoms with Crippen molar-refractivity contribution in [3.8, 4) is 22.8 Å². The number of hydrogen-bond donors (Lipinski definition) is 0. The summed E-state index contributed by atoms with van der Waals surface area (Å²) in [5, 5.41) is 0. The molecule has 0 bridgehead atoms. The van der Waals surface area contributed by atoms with E-state index >= 15 is 8.78 Å². The molecule has 2 aliphatic carbocycles. The number of halogens is 2. The van der Waals surface area contributed by atoms with Gasteiger partial charge in [0.15, 0.2) is 0 Å². The maximum Gasteiger partial charge on any atom is 0.306 e. The Balaban J connectivity index is 1.46. The highest BCUT2D eigenvalue weighted by Gasteiger charge is 2.38. The maximum absolute atomic E-state index is 15.6. The molecule has 0 unspecified atom stereocenters. The lowest BCUT2D eigenvalue weighted by Crippen LogP contribution is -2.17. The molecule has 40 heavy (non-hydrogen) atoms. The summed E-state index contributed by atoms with van der Waals surface area (Å²) in [7, 11) is 2.88. The van der Waals surface area contributed by atoms with E-state index in [2.05, 4.69) is 18.8 Å². The van der Waals surface area contributed by atoms with E-state index in [1.807, 2.05) is 30.3 Å². The zero-order valence-electron chi connectivity index (χ0n) is 23.6. The number of nitrogens with zero attached hydrogens (tertiary/aromatic N) is 1. The van der Waals surface area contributed by atoms with Crippen molar-refractivity contribution < 1.29 is 27.8 Å². The number of ether oxygens (including phenoxy) is 3. The van der Waals surface area contributed by atoms with Crippen molar-refractivity contribution in [1.29, 1.82) is 0 Å². The minimum atomic E-state index is -0.518. The van der Waals surface area contributed by atoms with E-state index in [0.717, 1.165) is 49.4 Å². The largest absolute Gasteiger partial charge is 0.489 e. The number of carbonyl (C=O) groups excluding carboxylic acids is 1. The van der Waals surface area contributed by atoms with Crippen LogP contribution in [-0.4, -0.2) is 25.2 Å². The molecular formula is C33H37F2NO4. The van der Waals surface area contributed by atoms with E-state index in [0.29, 0.717) is 29.2 Å². The number of rotatable bonds is 10. The smallest absolute Gasteiger partial charge is 0.306 e. The lowest BCUT2D eigenvalue weighted by atomic mass is 9.75. The van der Waals surface area contributed by atoms with Crippen molar-refractivity contribution in [2.45, 2.75) is 70.8 Å². The third-order valence-corrected chi connectivity index (χ3v) is 8.67. The van der Waals surface area contributed by atoms with E-state index < -0.39 is 11.6 Å². The molecule has 212 valence electrons. The van der Waals surface area contributed by atoms with Crippen LogP contribution in [0.2, 0.25) is 0 Å². The Labute approximate surface area is 234 Å². The fourth-order valence-corrected chi connectivity index (χ4v) is 6.22. The van der Waals surface area contributed by atoms with Gasteiger partial charge in [0.25, 0.3) is 0 Å². The van der Waals surface area contributed by atoms with Gasteiger partial charge in [0.05, 0.1) is 26.8 Å². The Kier molecular flexibility index (Phi) is 8.11. The summed E-state index contributed by atoms with van der Waals surface area (Å²) in [6, 6.07) is 12.5. The summed E-state index contributed by atoms with van der Waals surface area (Å²) in [5.74, 6) is 0.371. The van der Waals surface area contributed by atoms with Crippen molar-refractivity contribution in [2.75, 3.05) is 14.2 Å². The Morgan fingerprint density at radius 2 is 1.85 bits per heavy atom. The molecule has 0 radical (unpaired) electrons. The van der Waals surface area contributed by atoms with Gasteiger partial charge >= 0.3 is 5.97 Å². The minimum absolute atomic E-state index is 0.00983. The van der Waals surface area contributed by atoms with E-state index in [4.69, 9.17) is 14.2 Å². The van der Waals surface area contributed by atoms with Gasteiger partial charge in [-0.3, -0.25) is 4.79 Å². The summed E-state index contributed by atoms with van der Waals surface area (Å²) in [5.41, 5.74) is 3.15. The molecule has 0 N–H and O–H groups in total. The van der Waals surface area contributed by atoms with Crippen LogP contribution in [0.25, 0.3) is 11.1 Å². The number of pyridine rings is 1. The number of esters is 1. The fourth-order valence-electron chi connectivity index (χ4n) is 6.22. The Bertz CT molecular complexity index is 1380. The standard InChI is InChI=1S/C33H37F2NO4/c1-33(2)12-6-9-28(33)26-14-22(29(34)15-25(26)27-16-31(38-3)36-18-30(27)35)19-40-23-8-5-7-21(13-23)24(20-10-11-20)17-32(37)39-4/h5,7-8,13-16,18,20,24,28H,6,9-12,17,19H2,1-4H3/t24-,28-/m1/s1. The van der Waals surface area contributed by atoms with Gasteiger partial charge in [-0.2, -0.15) is 0 Å². The second-order valence-corrected chi connectivity index (χ2v) is 11.8. The first-order valence-corrected chi connectivity index (χ1v) is 14.0.